The van der Waals surface area contributed by atoms with Gasteiger partial charge in [-0.25, -0.2) is 0 Å². The number of Topliss-reactive ketones (excluding diaryl/α,β-unsaturated/α-hetero) is 1. The number of hydrogen-bond donors (Lipinski definition) is 0. The smallest absolute Gasteiger partial charge is 0.170 e. The molecule has 0 aliphatic carbocycles. The van der Waals surface area contributed by atoms with Gasteiger partial charge in [0.15, 0.2) is 5.78 Å². The summed E-state index contributed by atoms with van der Waals surface area (Å²) in [6, 6.07) is 12.5. The summed E-state index contributed by atoms with van der Waals surface area (Å²) in [5.74, 6) is 0.674. The van der Waals surface area contributed by atoms with Gasteiger partial charge in [0.1, 0.15) is 11.9 Å². The quantitative estimate of drug-likeness (QED) is 0.761. The fourth-order valence-corrected chi connectivity index (χ4v) is 2.74. The molecule has 96 valence electrons. The molecule has 2 aromatic rings. The van der Waals surface area contributed by atoms with Gasteiger partial charge in [0, 0.05) is 15.6 Å². The summed E-state index contributed by atoms with van der Waals surface area (Å²) in [6.45, 7) is 0. The first-order chi connectivity index (χ1) is 9.15. The van der Waals surface area contributed by atoms with Crippen molar-refractivity contribution in [3.05, 3.63) is 63.6 Å². The van der Waals surface area contributed by atoms with Crippen molar-refractivity contribution >= 4 is 29.0 Å². The third-order valence-electron chi connectivity index (χ3n) is 3.14. The Kier molecular flexibility index (Phi) is 3.21. The molecule has 1 atom stereocenters. The fourth-order valence-electron chi connectivity index (χ4n) is 2.21. The van der Waals surface area contributed by atoms with Crippen molar-refractivity contribution in [1.82, 2.24) is 0 Å². The predicted molar refractivity (Wildman–Crippen MR) is 75.2 cm³/mol. The van der Waals surface area contributed by atoms with Gasteiger partial charge in [-0.2, -0.15) is 0 Å². The van der Waals surface area contributed by atoms with Crippen molar-refractivity contribution < 1.29 is 9.53 Å². The molecule has 4 heteroatoms. The molecule has 0 aromatic heterocycles. The van der Waals surface area contributed by atoms with E-state index in [-0.39, 0.29) is 11.9 Å². The molecule has 2 nitrogen and oxygen atoms in total. The maximum Gasteiger partial charge on any atom is 0.170 e. The second-order valence-electron chi connectivity index (χ2n) is 4.40. The Hall–Kier alpha value is -1.51. The Labute approximate surface area is 120 Å². The Balaban J connectivity index is 1.99. The Morgan fingerprint density at radius 2 is 1.89 bits per heavy atom. The molecule has 3 rings (SSSR count). The largest absolute Gasteiger partial charge is 0.484 e. The van der Waals surface area contributed by atoms with E-state index < -0.39 is 0 Å². The van der Waals surface area contributed by atoms with Gasteiger partial charge >= 0.3 is 0 Å². The molecule has 0 radical (unpaired) electrons. The number of para-hydroxylation sites is 1. The van der Waals surface area contributed by atoms with Crippen LogP contribution in [-0.2, 0) is 0 Å². The maximum atomic E-state index is 12.1. The zero-order valence-electron chi connectivity index (χ0n) is 9.90. The van der Waals surface area contributed by atoms with E-state index in [1.54, 1.807) is 30.3 Å². The molecule has 2 aromatic carbocycles. The molecule has 0 saturated carbocycles. The highest BCUT2D eigenvalue weighted by Crippen LogP contribution is 2.37. The van der Waals surface area contributed by atoms with Crippen LogP contribution < -0.4 is 4.74 Å². The highest BCUT2D eigenvalue weighted by molar-refractivity contribution is 6.35. The minimum atomic E-state index is -0.354. The van der Waals surface area contributed by atoms with Crippen LogP contribution in [0.15, 0.2) is 42.5 Å². The van der Waals surface area contributed by atoms with Crippen LogP contribution in [0, 0.1) is 0 Å². The highest BCUT2D eigenvalue weighted by atomic mass is 35.5. The number of halogens is 2. The van der Waals surface area contributed by atoms with Crippen molar-refractivity contribution in [2.24, 2.45) is 0 Å². The molecule has 0 N–H and O–H groups in total. The van der Waals surface area contributed by atoms with Gasteiger partial charge in [0.25, 0.3) is 0 Å². The van der Waals surface area contributed by atoms with E-state index in [0.717, 1.165) is 5.56 Å². The topological polar surface area (TPSA) is 26.3 Å². The van der Waals surface area contributed by atoms with E-state index >= 15 is 0 Å². The summed E-state index contributed by atoms with van der Waals surface area (Å²) in [5, 5.41) is 1.08. The number of carbonyl (C=O) groups excluding carboxylic acids is 1. The monoisotopic (exact) mass is 292 g/mol. The summed E-state index contributed by atoms with van der Waals surface area (Å²) < 4.78 is 5.86. The first-order valence-corrected chi connectivity index (χ1v) is 6.64. The second-order valence-corrected chi connectivity index (χ2v) is 5.24. The average Bonchev–Trinajstić information content (AvgIpc) is 2.38. The zero-order valence-corrected chi connectivity index (χ0v) is 11.4. The van der Waals surface area contributed by atoms with Gasteiger partial charge in [-0.1, -0.05) is 41.4 Å². The van der Waals surface area contributed by atoms with Crippen LogP contribution in [0.1, 0.15) is 28.4 Å². The Bertz CT molecular complexity index is 652. The summed E-state index contributed by atoms with van der Waals surface area (Å²) in [6.07, 6.45) is -0.0644. The minimum absolute atomic E-state index is 0.0675. The molecule has 0 amide bonds. The number of ether oxygens (including phenoxy) is 1. The first-order valence-electron chi connectivity index (χ1n) is 5.89. The van der Waals surface area contributed by atoms with E-state index in [9.17, 15) is 4.79 Å². The minimum Gasteiger partial charge on any atom is -0.484 e. The Morgan fingerprint density at radius 3 is 2.68 bits per heavy atom. The number of carbonyl (C=O) groups is 1. The molecule has 0 fully saturated rings. The van der Waals surface area contributed by atoms with Crippen LogP contribution in [0.4, 0.5) is 0 Å². The highest BCUT2D eigenvalue weighted by Gasteiger charge is 2.28. The van der Waals surface area contributed by atoms with E-state index in [4.69, 9.17) is 27.9 Å². The lowest BCUT2D eigenvalue weighted by molar-refractivity contribution is 0.0850. The van der Waals surface area contributed by atoms with E-state index in [0.29, 0.717) is 27.8 Å². The molecule has 0 saturated heterocycles. The number of benzene rings is 2. The van der Waals surface area contributed by atoms with Gasteiger partial charge in [-0.15, -0.1) is 0 Å². The van der Waals surface area contributed by atoms with Gasteiger partial charge < -0.3 is 4.74 Å². The summed E-state index contributed by atoms with van der Waals surface area (Å²) in [4.78, 5) is 12.1. The zero-order chi connectivity index (χ0) is 13.4. The Morgan fingerprint density at radius 1 is 1.11 bits per heavy atom. The third kappa shape index (κ3) is 2.34. The number of fused-ring (bicyclic) bond motifs is 1. The molecule has 1 heterocycles. The first kappa shape index (κ1) is 12.5. The third-order valence-corrected chi connectivity index (χ3v) is 3.70. The van der Waals surface area contributed by atoms with Crippen molar-refractivity contribution in [2.75, 3.05) is 0 Å². The van der Waals surface area contributed by atoms with Gasteiger partial charge in [0.05, 0.1) is 12.0 Å². The average molecular weight is 293 g/mol. The standard InChI is InChI=1S/C15H10Cl2O2/c16-9-5-6-10(12(17)7-9)15-8-13(18)11-3-1-2-4-14(11)19-15/h1-7,15H,8H2/t15-/m1/s1. The summed E-state index contributed by atoms with van der Waals surface area (Å²) in [7, 11) is 0. The molecule has 0 spiro atoms. The van der Waals surface area contributed by atoms with E-state index in [2.05, 4.69) is 0 Å². The lowest BCUT2D eigenvalue weighted by atomic mass is 9.96. The molecule has 0 bridgehead atoms. The van der Waals surface area contributed by atoms with Crippen LogP contribution in [-0.4, -0.2) is 5.78 Å². The van der Waals surface area contributed by atoms with Crippen LogP contribution in [0.5, 0.6) is 5.75 Å². The maximum absolute atomic E-state index is 12.1. The lowest BCUT2D eigenvalue weighted by Crippen LogP contribution is -2.20. The lowest BCUT2D eigenvalue weighted by Gasteiger charge is -2.26. The van der Waals surface area contributed by atoms with Crippen molar-refractivity contribution in [1.29, 1.82) is 0 Å². The molecule has 0 unspecified atom stereocenters. The summed E-state index contributed by atoms with van der Waals surface area (Å²) in [5.41, 5.74) is 1.41. The normalized spacial score (nSPS) is 17.8. The van der Waals surface area contributed by atoms with Crippen LogP contribution in [0.25, 0.3) is 0 Å². The van der Waals surface area contributed by atoms with Crippen LogP contribution >= 0.6 is 23.2 Å². The van der Waals surface area contributed by atoms with Crippen molar-refractivity contribution in [3.8, 4) is 5.75 Å². The van der Waals surface area contributed by atoms with Crippen molar-refractivity contribution in [3.63, 3.8) is 0 Å². The molecule has 19 heavy (non-hydrogen) atoms. The molecular formula is C15H10Cl2O2. The molecular weight excluding hydrogens is 283 g/mol. The fraction of sp³-hybridized carbons (Fsp3) is 0.133. The van der Waals surface area contributed by atoms with Gasteiger partial charge in [0.2, 0.25) is 0 Å². The predicted octanol–water partition coefficient (Wildman–Crippen LogP) is 4.70. The second kappa shape index (κ2) is 4.87. The van der Waals surface area contributed by atoms with E-state index in [1.807, 2.05) is 12.1 Å². The van der Waals surface area contributed by atoms with Crippen LogP contribution in [0.2, 0.25) is 10.0 Å². The number of ketones is 1. The number of hydrogen-bond acceptors (Lipinski definition) is 2. The SMILES string of the molecule is O=C1C[C@H](c2ccc(Cl)cc2Cl)Oc2ccccc21. The molecule has 1 aliphatic heterocycles. The summed E-state index contributed by atoms with van der Waals surface area (Å²) >= 11 is 12.0. The molecule has 1 aliphatic rings. The number of rotatable bonds is 1. The van der Waals surface area contributed by atoms with Crippen LogP contribution in [0.3, 0.4) is 0 Å². The van der Waals surface area contributed by atoms with E-state index in [1.165, 1.54) is 0 Å². The van der Waals surface area contributed by atoms with Crippen molar-refractivity contribution in [2.45, 2.75) is 12.5 Å². The van der Waals surface area contributed by atoms with Gasteiger partial charge in [-0.3, -0.25) is 4.79 Å². The van der Waals surface area contributed by atoms with Gasteiger partial charge in [-0.05, 0) is 24.3 Å².